The van der Waals surface area contributed by atoms with Gasteiger partial charge in [-0.1, -0.05) is 199 Å². The van der Waals surface area contributed by atoms with Gasteiger partial charge in [0.1, 0.15) is 13.2 Å². The average Bonchev–Trinajstić information content (AvgIpc) is 3.09. The summed E-state index contributed by atoms with van der Waals surface area (Å²) in [6, 6.07) is -0.836. The zero-order chi connectivity index (χ0) is 38.6. The Morgan fingerprint density at radius 1 is 0.635 bits per heavy atom. The Bertz CT molecular complexity index is 865. The minimum Gasteiger partial charge on any atom is -0.387 e. The summed E-state index contributed by atoms with van der Waals surface area (Å²) in [6.45, 7) is 4.67. The van der Waals surface area contributed by atoms with E-state index in [1.54, 1.807) is 6.08 Å². The van der Waals surface area contributed by atoms with Crippen LogP contribution in [0.1, 0.15) is 206 Å². The number of rotatable bonds is 40. The van der Waals surface area contributed by atoms with Crippen molar-refractivity contribution < 1.29 is 32.9 Å². The Hall–Kier alpha value is -0.760. The number of phosphoric ester groups is 1. The number of carbonyl (C=O) groups excluding carboxylic acids is 1. The van der Waals surface area contributed by atoms with Crippen molar-refractivity contribution in [2.75, 3.05) is 40.9 Å². The molecule has 0 aromatic rings. The first-order chi connectivity index (χ1) is 25.0. The molecule has 3 atom stereocenters. The van der Waals surface area contributed by atoms with E-state index in [1.807, 2.05) is 27.2 Å². The summed E-state index contributed by atoms with van der Waals surface area (Å²) in [5.74, 6) is -0.183. The summed E-state index contributed by atoms with van der Waals surface area (Å²) < 4.78 is 23.3. The molecule has 0 saturated heterocycles. The summed E-state index contributed by atoms with van der Waals surface area (Å²) in [5, 5.41) is 13.5. The van der Waals surface area contributed by atoms with E-state index in [4.69, 9.17) is 9.05 Å². The minimum atomic E-state index is -4.31. The molecule has 8 nitrogen and oxygen atoms in total. The molecule has 3 N–H and O–H groups in total. The standard InChI is InChI=1S/C43H87N2O6P/c1-6-8-10-12-13-14-15-16-17-18-19-20-21-22-23-24-25-26-27-28-29-30-31-32-33-35-37-43(47)44-41(42(46)36-34-11-9-7-2)40-51-52(48,49)50-39-38-45(3,4)5/h34,36,41-42,46H,6-33,35,37-40H2,1-5H3,(H-,44,47,48,49)/p+1/b36-34+. The number of likely N-dealkylation sites (N-methyl/N-ethyl adjacent to an activating group) is 1. The maximum absolute atomic E-state index is 12.7. The summed E-state index contributed by atoms with van der Waals surface area (Å²) in [5.41, 5.74) is 0. The van der Waals surface area contributed by atoms with Crippen molar-refractivity contribution >= 4 is 13.7 Å². The Balaban J connectivity index is 3.86. The molecule has 3 unspecified atom stereocenters. The molecule has 0 aromatic carbocycles. The number of carbonyl (C=O) groups is 1. The number of hydrogen-bond donors (Lipinski definition) is 3. The predicted octanol–water partition coefficient (Wildman–Crippen LogP) is 12.0. The van der Waals surface area contributed by atoms with Gasteiger partial charge in [0.2, 0.25) is 5.91 Å². The van der Waals surface area contributed by atoms with Gasteiger partial charge in [-0.15, -0.1) is 0 Å². The number of phosphoric acid groups is 1. The number of unbranched alkanes of at least 4 members (excludes halogenated alkanes) is 27. The van der Waals surface area contributed by atoms with Gasteiger partial charge in [-0.3, -0.25) is 13.8 Å². The van der Waals surface area contributed by atoms with Crippen LogP contribution in [0.2, 0.25) is 0 Å². The van der Waals surface area contributed by atoms with Crippen LogP contribution in [0.5, 0.6) is 0 Å². The Kier molecular flexibility index (Phi) is 35.4. The highest BCUT2D eigenvalue weighted by molar-refractivity contribution is 7.47. The zero-order valence-electron chi connectivity index (χ0n) is 35.1. The van der Waals surface area contributed by atoms with Crippen LogP contribution in [0.4, 0.5) is 0 Å². The minimum absolute atomic E-state index is 0.0629. The number of aliphatic hydroxyl groups is 1. The molecule has 0 spiro atoms. The van der Waals surface area contributed by atoms with Crippen molar-refractivity contribution in [2.24, 2.45) is 0 Å². The van der Waals surface area contributed by atoms with Crippen LogP contribution in [0.3, 0.4) is 0 Å². The van der Waals surface area contributed by atoms with E-state index in [1.165, 1.54) is 148 Å². The number of quaternary nitrogens is 1. The van der Waals surface area contributed by atoms with Crippen molar-refractivity contribution in [3.05, 3.63) is 12.2 Å². The van der Waals surface area contributed by atoms with Gasteiger partial charge in [0.15, 0.2) is 0 Å². The second kappa shape index (κ2) is 35.9. The van der Waals surface area contributed by atoms with E-state index in [0.29, 0.717) is 17.4 Å². The molecule has 0 aliphatic rings. The second-order valence-corrected chi connectivity index (χ2v) is 17.9. The van der Waals surface area contributed by atoms with Crippen molar-refractivity contribution in [2.45, 2.75) is 219 Å². The van der Waals surface area contributed by atoms with Crippen LogP contribution < -0.4 is 5.32 Å². The first kappa shape index (κ1) is 51.2. The summed E-state index contributed by atoms with van der Waals surface area (Å²) >= 11 is 0. The maximum Gasteiger partial charge on any atom is 0.472 e. The number of amides is 1. The lowest BCUT2D eigenvalue weighted by Crippen LogP contribution is -2.45. The fraction of sp³-hybridized carbons (Fsp3) is 0.930. The van der Waals surface area contributed by atoms with E-state index in [2.05, 4.69) is 19.2 Å². The SMILES string of the molecule is CCCC/C=C/C(O)C(COP(=O)(O)OCC[N+](C)(C)C)NC(=O)CCCCCCCCCCCCCCCCCCCCCCCCCCCC. The van der Waals surface area contributed by atoms with E-state index in [9.17, 15) is 19.4 Å². The van der Waals surface area contributed by atoms with Crippen LogP contribution in [0, 0.1) is 0 Å². The first-order valence-electron chi connectivity index (χ1n) is 22.1. The van der Waals surface area contributed by atoms with Gasteiger partial charge in [0.05, 0.1) is 39.9 Å². The van der Waals surface area contributed by atoms with E-state index >= 15 is 0 Å². The van der Waals surface area contributed by atoms with Gasteiger partial charge >= 0.3 is 7.82 Å². The normalized spacial score (nSPS) is 14.5. The molecule has 310 valence electrons. The van der Waals surface area contributed by atoms with E-state index in [0.717, 1.165) is 38.5 Å². The molecule has 0 aromatic heterocycles. The number of hydrogen-bond acceptors (Lipinski definition) is 5. The summed E-state index contributed by atoms with van der Waals surface area (Å²) in [4.78, 5) is 22.8. The molecule has 0 radical (unpaired) electrons. The molecule has 9 heteroatoms. The van der Waals surface area contributed by atoms with Crippen LogP contribution in [0.25, 0.3) is 0 Å². The van der Waals surface area contributed by atoms with Crippen LogP contribution in [0.15, 0.2) is 12.2 Å². The number of nitrogens with zero attached hydrogens (tertiary/aromatic N) is 1. The third-order valence-corrected chi connectivity index (χ3v) is 11.0. The third-order valence-electron chi connectivity index (χ3n) is 10.0. The Morgan fingerprint density at radius 2 is 1.02 bits per heavy atom. The van der Waals surface area contributed by atoms with Crippen LogP contribution >= 0.6 is 7.82 Å². The predicted molar refractivity (Wildman–Crippen MR) is 222 cm³/mol. The Morgan fingerprint density at radius 3 is 1.40 bits per heavy atom. The van der Waals surface area contributed by atoms with Crippen molar-refractivity contribution in [1.29, 1.82) is 0 Å². The van der Waals surface area contributed by atoms with Crippen molar-refractivity contribution in [3.8, 4) is 0 Å². The van der Waals surface area contributed by atoms with Gasteiger partial charge in [-0.2, -0.15) is 0 Å². The molecule has 0 saturated carbocycles. The Labute approximate surface area is 322 Å². The lowest BCUT2D eigenvalue weighted by Gasteiger charge is -2.25. The highest BCUT2D eigenvalue weighted by Crippen LogP contribution is 2.43. The molecule has 0 heterocycles. The van der Waals surface area contributed by atoms with Gasteiger partial charge < -0.3 is 19.8 Å². The van der Waals surface area contributed by atoms with Crippen molar-refractivity contribution in [1.82, 2.24) is 5.32 Å². The highest BCUT2D eigenvalue weighted by Gasteiger charge is 2.27. The molecular weight excluding hydrogens is 671 g/mol. The summed E-state index contributed by atoms with van der Waals surface area (Å²) in [6.07, 6.45) is 40.8. The number of nitrogens with one attached hydrogen (secondary N) is 1. The van der Waals surface area contributed by atoms with Gasteiger partial charge in [-0.25, -0.2) is 4.57 Å². The fourth-order valence-electron chi connectivity index (χ4n) is 6.44. The lowest BCUT2D eigenvalue weighted by atomic mass is 10.0. The molecule has 0 aliphatic carbocycles. The molecule has 0 fully saturated rings. The molecule has 0 aliphatic heterocycles. The molecule has 1 amide bonds. The zero-order valence-corrected chi connectivity index (χ0v) is 36.0. The van der Waals surface area contributed by atoms with Crippen LogP contribution in [-0.2, 0) is 18.4 Å². The number of aliphatic hydroxyl groups excluding tert-OH is 1. The molecule has 0 bridgehead atoms. The van der Waals surface area contributed by atoms with Gasteiger partial charge in [-0.05, 0) is 12.8 Å². The number of allylic oxidation sites excluding steroid dienone is 1. The second-order valence-electron chi connectivity index (χ2n) is 16.4. The fourth-order valence-corrected chi connectivity index (χ4v) is 7.18. The molecule has 52 heavy (non-hydrogen) atoms. The van der Waals surface area contributed by atoms with Crippen molar-refractivity contribution in [3.63, 3.8) is 0 Å². The van der Waals surface area contributed by atoms with Gasteiger partial charge in [0.25, 0.3) is 0 Å². The lowest BCUT2D eigenvalue weighted by molar-refractivity contribution is -0.870. The topological polar surface area (TPSA) is 105 Å². The largest absolute Gasteiger partial charge is 0.472 e. The third kappa shape index (κ3) is 37.6. The van der Waals surface area contributed by atoms with E-state index in [-0.39, 0.29) is 19.1 Å². The first-order valence-corrected chi connectivity index (χ1v) is 23.6. The highest BCUT2D eigenvalue weighted by atomic mass is 31.2. The van der Waals surface area contributed by atoms with Crippen LogP contribution in [-0.4, -0.2) is 73.4 Å². The monoisotopic (exact) mass is 760 g/mol. The quantitative estimate of drug-likeness (QED) is 0.0249. The average molecular weight is 760 g/mol. The smallest absolute Gasteiger partial charge is 0.387 e. The summed E-state index contributed by atoms with van der Waals surface area (Å²) in [7, 11) is 1.57. The maximum atomic E-state index is 12.7. The molecular formula is C43H88N2O6P+. The van der Waals surface area contributed by atoms with E-state index < -0.39 is 20.0 Å². The van der Waals surface area contributed by atoms with Gasteiger partial charge in [0, 0.05) is 6.42 Å². The molecule has 0 rings (SSSR count).